The maximum atomic E-state index is 12.1. The third-order valence-corrected chi connectivity index (χ3v) is 2.54. The van der Waals surface area contributed by atoms with Gasteiger partial charge in [0.2, 0.25) is 0 Å². The third-order valence-electron chi connectivity index (χ3n) is 2.54. The van der Waals surface area contributed by atoms with Gasteiger partial charge < -0.3 is 5.11 Å². The molecule has 13 heavy (non-hydrogen) atoms. The van der Waals surface area contributed by atoms with Crippen LogP contribution in [0, 0.1) is 11.8 Å². The van der Waals surface area contributed by atoms with Crippen molar-refractivity contribution in [1.82, 2.24) is 0 Å². The number of alkyl halides is 3. The van der Waals surface area contributed by atoms with Gasteiger partial charge in [0, 0.05) is 0 Å². The van der Waals surface area contributed by atoms with E-state index in [1.165, 1.54) is 0 Å². The zero-order valence-electron chi connectivity index (χ0n) is 6.97. The Labute approximate surface area is 73.7 Å². The molecule has 0 aliphatic heterocycles. The van der Waals surface area contributed by atoms with Crippen LogP contribution in [0.2, 0.25) is 0 Å². The van der Waals surface area contributed by atoms with E-state index < -0.39 is 24.0 Å². The number of hydrogen-bond acceptors (Lipinski definition) is 1. The maximum absolute atomic E-state index is 12.1. The number of carboxylic acids is 1. The number of rotatable bonds is 1. The minimum Gasteiger partial charge on any atom is -0.481 e. The van der Waals surface area contributed by atoms with Gasteiger partial charge >= 0.3 is 12.1 Å². The molecule has 1 saturated carbocycles. The Morgan fingerprint density at radius 1 is 1.15 bits per heavy atom. The average molecular weight is 196 g/mol. The highest BCUT2D eigenvalue weighted by Gasteiger charge is 2.42. The fourth-order valence-electron chi connectivity index (χ4n) is 1.67. The molecule has 0 atom stereocenters. The quantitative estimate of drug-likeness (QED) is 0.699. The molecule has 5 heteroatoms. The lowest BCUT2D eigenvalue weighted by molar-refractivity contribution is -0.186. The third kappa shape index (κ3) is 2.60. The molecule has 0 unspecified atom stereocenters. The second-order valence-electron chi connectivity index (χ2n) is 3.43. The molecule has 0 saturated heterocycles. The number of carboxylic acid groups (broad SMARTS) is 1. The van der Waals surface area contributed by atoms with Gasteiger partial charge in [0.05, 0.1) is 11.8 Å². The van der Waals surface area contributed by atoms with Crippen molar-refractivity contribution in [2.45, 2.75) is 31.9 Å². The second kappa shape index (κ2) is 3.55. The molecule has 0 aromatic heterocycles. The summed E-state index contributed by atoms with van der Waals surface area (Å²) >= 11 is 0. The van der Waals surface area contributed by atoms with Crippen LogP contribution >= 0.6 is 0 Å². The second-order valence-corrected chi connectivity index (χ2v) is 3.43. The van der Waals surface area contributed by atoms with Crippen LogP contribution in [-0.2, 0) is 4.79 Å². The fourth-order valence-corrected chi connectivity index (χ4v) is 1.67. The monoisotopic (exact) mass is 196 g/mol. The summed E-state index contributed by atoms with van der Waals surface area (Å²) in [5, 5.41) is 8.55. The Bertz CT molecular complexity index is 192. The van der Waals surface area contributed by atoms with Crippen LogP contribution in [0.5, 0.6) is 0 Å². The maximum Gasteiger partial charge on any atom is 0.391 e. The van der Waals surface area contributed by atoms with Crippen molar-refractivity contribution in [3.05, 3.63) is 0 Å². The molecule has 0 bridgehead atoms. The molecule has 1 aliphatic carbocycles. The average Bonchev–Trinajstić information content (AvgIpc) is 2.03. The van der Waals surface area contributed by atoms with Crippen molar-refractivity contribution in [1.29, 1.82) is 0 Å². The number of halogens is 3. The van der Waals surface area contributed by atoms with E-state index in [0.29, 0.717) is 0 Å². The first-order valence-corrected chi connectivity index (χ1v) is 4.21. The van der Waals surface area contributed by atoms with Crippen LogP contribution < -0.4 is 0 Å². The molecule has 0 spiro atoms. The summed E-state index contributed by atoms with van der Waals surface area (Å²) in [5.41, 5.74) is 0. The van der Waals surface area contributed by atoms with E-state index >= 15 is 0 Å². The van der Waals surface area contributed by atoms with Gasteiger partial charge in [0.25, 0.3) is 0 Å². The van der Waals surface area contributed by atoms with Gasteiger partial charge in [-0.3, -0.25) is 4.79 Å². The van der Waals surface area contributed by atoms with Gasteiger partial charge in [-0.05, 0) is 25.7 Å². The van der Waals surface area contributed by atoms with Crippen molar-refractivity contribution < 1.29 is 23.1 Å². The van der Waals surface area contributed by atoms with E-state index in [1.807, 2.05) is 0 Å². The molecule has 0 aromatic carbocycles. The zero-order valence-corrected chi connectivity index (χ0v) is 6.97. The lowest BCUT2D eigenvalue weighted by Crippen LogP contribution is -2.30. The molecule has 0 radical (unpaired) electrons. The summed E-state index contributed by atoms with van der Waals surface area (Å²) < 4.78 is 36.4. The Morgan fingerprint density at radius 3 is 1.92 bits per heavy atom. The SMILES string of the molecule is O=C(O)C1CCC(C(F)(F)F)CC1. The predicted octanol–water partition coefficient (Wildman–Crippen LogP) is 2.44. The smallest absolute Gasteiger partial charge is 0.391 e. The highest BCUT2D eigenvalue weighted by atomic mass is 19.4. The molecule has 76 valence electrons. The Kier molecular flexibility index (Phi) is 2.83. The first-order chi connectivity index (χ1) is 5.91. The van der Waals surface area contributed by atoms with Crippen molar-refractivity contribution in [2.24, 2.45) is 11.8 Å². The first-order valence-electron chi connectivity index (χ1n) is 4.21. The molecular formula is C8H11F3O2. The van der Waals surface area contributed by atoms with E-state index in [9.17, 15) is 18.0 Å². The molecule has 1 N–H and O–H groups in total. The van der Waals surface area contributed by atoms with E-state index in [4.69, 9.17) is 5.11 Å². The van der Waals surface area contributed by atoms with Gasteiger partial charge in [-0.25, -0.2) is 0 Å². The van der Waals surface area contributed by atoms with Gasteiger partial charge in [-0.2, -0.15) is 13.2 Å². The highest BCUT2D eigenvalue weighted by molar-refractivity contribution is 5.69. The van der Waals surface area contributed by atoms with E-state index in [-0.39, 0.29) is 25.7 Å². The van der Waals surface area contributed by atoms with Crippen LogP contribution in [-0.4, -0.2) is 17.3 Å². The zero-order chi connectivity index (χ0) is 10.1. The summed E-state index contributed by atoms with van der Waals surface area (Å²) in [6.07, 6.45) is -3.93. The van der Waals surface area contributed by atoms with Crippen LogP contribution in [0.4, 0.5) is 13.2 Å². The summed E-state index contributed by atoms with van der Waals surface area (Å²) in [6, 6.07) is 0. The number of carbonyl (C=O) groups is 1. The van der Waals surface area contributed by atoms with E-state index in [1.54, 1.807) is 0 Å². The van der Waals surface area contributed by atoms with Crippen molar-refractivity contribution in [2.75, 3.05) is 0 Å². The summed E-state index contributed by atoms with van der Waals surface area (Å²) in [6.45, 7) is 0. The van der Waals surface area contributed by atoms with Gasteiger partial charge in [-0.1, -0.05) is 0 Å². The minimum atomic E-state index is -4.15. The normalized spacial score (nSPS) is 30.1. The molecule has 0 heterocycles. The number of aliphatic carboxylic acids is 1. The van der Waals surface area contributed by atoms with Crippen molar-refractivity contribution in [3.63, 3.8) is 0 Å². The largest absolute Gasteiger partial charge is 0.481 e. The molecule has 1 fully saturated rings. The summed E-state index contributed by atoms with van der Waals surface area (Å²) in [7, 11) is 0. The summed E-state index contributed by atoms with van der Waals surface area (Å²) in [4.78, 5) is 10.4. The lowest BCUT2D eigenvalue weighted by atomic mass is 9.82. The van der Waals surface area contributed by atoms with Crippen LogP contribution in [0.3, 0.4) is 0 Å². The molecule has 0 aromatic rings. The minimum absolute atomic E-state index is 0.0412. The Morgan fingerprint density at radius 2 is 1.62 bits per heavy atom. The lowest BCUT2D eigenvalue weighted by Gasteiger charge is -2.27. The Hall–Kier alpha value is -0.740. The molecule has 0 amide bonds. The highest BCUT2D eigenvalue weighted by Crippen LogP contribution is 2.39. The summed E-state index contributed by atoms with van der Waals surface area (Å²) in [5.74, 6) is -2.83. The van der Waals surface area contributed by atoms with Gasteiger partial charge in [-0.15, -0.1) is 0 Å². The molecular weight excluding hydrogens is 185 g/mol. The predicted molar refractivity (Wildman–Crippen MR) is 39.1 cm³/mol. The molecule has 1 aliphatic rings. The van der Waals surface area contributed by atoms with Gasteiger partial charge in [0.1, 0.15) is 0 Å². The fraction of sp³-hybridized carbons (Fsp3) is 0.875. The molecule has 2 nitrogen and oxygen atoms in total. The van der Waals surface area contributed by atoms with Crippen molar-refractivity contribution >= 4 is 5.97 Å². The molecule has 1 rings (SSSR count). The van der Waals surface area contributed by atoms with Crippen LogP contribution in [0.25, 0.3) is 0 Å². The van der Waals surface area contributed by atoms with Crippen LogP contribution in [0.1, 0.15) is 25.7 Å². The van der Waals surface area contributed by atoms with Crippen LogP contribution in [0.15, 0.2) is 0 Å². The standard InChI is InChI=1S/C8H11F3O2/c9-8(10,11)6-3-1-5(2-4-6)7(12)13/h5-6H,1-4H2,(H,12,13). The topological polar surface area (TPSA) is 37.3 Å². The number of hydrogen-bond donors (Lipinski definition) is 1. The van der Waals surface area contributed by atoms with Crippen molar-refractivity contribution in [3.8, 4) is 0 Å². The van der Waals surface area contributed by atoms with E-state index in [0.717, 1.165) is 0 Å². The van der Waals surface area contributed by atoms with Gasteiger partial charge in [0.15, 0.2) is 0 Å². The van der Waals surface area contributed by atoms with E-state index in [2.05, 4.69) is 0 Å². The Balaban J connectivity index is 2.44. The first kappa shape index (κ1) is 10.3.